The van der Waals surface area contributed by atoms with Gasteiger partial charge in [0.05, 0.1) is 17.6 Å². The normalized spacial score (nSPS) is 17.4. The number of rotatable bonds is 2. The highest BCUT2D eigenvalue weighted by Gasteiger charge is 2.15. The Labute approximate surface area is 115 Å². The van der Waals surface area contributed by atoms with Crippen LogP contribution < -0.4 is 5.32 Å². The number of aryl methyl sites for hydroxylation is 1. The SMILES string of the molecule is Cn1c(CN2CCNCC2)nc2cccc(Br)c21. The first-order valence-corrected chi connectivity index (χ1v) is 7.08. The Hall–Kier alpha value is -0.910. The van der Waals surface area contributed by atoms with Crippen LogP contribution in [0.25, 0.3) is 11.0 Å². The molecular formula is C13H17BrN4. The average molecular weight is 309 g/mol. The maximum Gasteiger partial charge on any atom is 0.123 e. The molecule has 1 saturated heterocycles. The molecule has 0 saturated carbocycles. The lowest BCUT2D eigenvalue weighted by Crippen LogP contribution is -2.43. The molecule has 1 N–H and O–H groups in total. The van der Waals surface area contributed by atoms with E-state index in [1.807, 2.05) is 6.07 Å². The molecule has 0 aliphatic carbocycles. The minimum absolute atomic E-state index is 0.930. The molecule has 1 aromatic carbocycles. The van der Waals surface area contributed by atoms with E-state index in [-0.39, 0.29) is 0 Å². The number of hydrogen-bond acceptors (Lipinski definition) is 3. The van der Waals surface area contributed by atoms with Gasteiger partial charge in [-0.15, -0.1) is 0 Å². The Morgan fingerprint density at radius 3 is 2.83 bits per heavy atom. The first-order chi connectivity index (χ1) is 8.75. The summed E-state index contributed by atoms with van der Waals surface area (Å²) in [4.78, 5) is 7.19. The van der Waals surface area contributed by atoms with Crippen molar-refractivity contribution in [3.8, 4) is 0 Å². The molecule has 2 heterocycles. The zero-order valence-corrected chi connectivity index (χ0v) is 12.1. The molecule has 0 atom stereocenters. The number of para-hydroxylation sites is 1. The third-order valence-electron chi connectivity index (χ3n) is 3.51. The largest absolute Gasteiger partial charge is 0.329 e. The summed E-state index contributed by atoms with van der Waals surface area (Å²) >= 11 is 3.60. The minimum atomic E-state index is 0.930. The molecule has 4 nitrogen and oxygen atoms in total. The fraction of sp³-hybridized carbons (Fsp3) is 0.462. The molecule has 0 spiro atoms. The molecule has 0 bridgehead atoms. The van der Waals surface area contributed by atoms with Crippen LogP contribution in [0.3, 0.4) is 0 Å². The van der Waals surface area contributed by atoms with Gasteiger partial charge in [-0.25, -0.2) is 4.98 Å². The highest BCUT2D eigenvalue weighted by molar-refractivity contribution is 9.10. The number of halogens is 1. The summed E-state index contributed by atoms with van der Waals surface area (Å²) in [5, 5.41) is 3.37. The van der Waals surface area contributed by atoms with Gasteiger partial charge in [0.1, 0.15) is 5.82 Å². The predicted molar refractivity (Wildman–Crippen MR) is 76.6 cm³/mol. The van der Waals surface area contributed by atoms with Crippen LogP contribution in [0.1, 0.15) is 5.82 Å². The quantitative estimate of drug-likeness (QED) is 0.917. The lowest BCUT2D eigenvalue weighted by atomic mass is 10.3. The van der Waals surface area contributed by atoms with Crippen molar-refractivity contribution >= 4 is 27.0 Å². The smallest absolute Gasteiger partial charge is 0.123 e. The molecule has 0 radical (unpaired) electrons. The van der Waals surface area contributed by atoms with E-state index in [0.29, 0.717) is 0 Å². The molecule has 5 heteroatoms. The van der Waals surface area contributed by atoms with Crippen molar-refractivity contribution in [3.05, 3.63) is 28.5 Å². The van der Waals surface area contributed by atoms with Crippen LogP contribution in [0.4, 0.5) is 0 Å². The summed E-state index contributed by atoms with van der Waals surface area (Å²) in [5.41, 5.74) is 2.25. The summed E-state index contributed by atoms with van der Waals surface area (Å²) in [6.07, 6.45) is 0. The van der Waals surface area contributed by atoms with Gasteiger partial charge in [0, 0.05) is 37.7 Å². The third-order valence-corrected chi connectivity index (χ3v) is 4.15. The minimum Gasteiger partial charge on any atom is -0.329 e. The van der Waals surface area contributed by atoms with Crippen LogP contribution in [0.15, 0.2) is 22.7 Å². The summed E-state index contributed by atoms with van der Waals surface area (Å²) in [5.74, 6) is 1.14. The Balaban J connectivity index is 1.92. The van der Waals surface area contributed by atoms with E-state index >= 15 is 0 Å². The number of nitrogens with one attached hydrogen (secondary N) is 1. The van der Waals surface area contributed by atoms with Crippen LogP contribution >= 0.6 is 15.9 Å². The average Bonchev–Trinajstić information content (AvgIpc) is 2.69. The molecule has 1 aromatic heterocycles. The van der Waals surface area contributed by atoms with Crippen LogP contribution in [0.5, 0.6) is 0 Å². The molecule has 96 valence electrons. The number of benzene rings is 1. The van der Waals surface area contributed by atoms with E-state index in [9.17, 15) is 0 Å². The van der Waals surface area contributed by atoms with Crippen molar-refractivity contribution in [2.24, 2.45) is 7.05 Å². The number of fused-ring (bicyclic) bond motifs is 1. The summed E-state index contributed by atoms with van der Waals surface area (Å²) < 4.78 is 3.31. The van der Waals surface area contributed by atoms with E-state index in [1.165, 1.54) is 5.52 Å². The van der Waals surface area contributed by atoms with Crippen molar-refractivity contribution in [3.63, 3.8) is 0 Å². The van der Waals surface area contributed by atoms with Gasteiger partial charge >= 0.3 is 0 Å². The molecule has 1 aliphatic rings. The van der Waals surface area contributed by atoms with E-state index in [0.717, 1.165) is 48.5 Å². The van der Waals surface area contributed by atoms with Gasteiger partial charge < -0.3 is 9.88 Å². The Morgan fingerprint density at radius 2 is 2.11 bits per heavy atom. The zero-order valence-electron chi connectivity index (χ0n) is 10.5. The molecule has 3 rings (SSSR count). The molecule has 0 amide bonds. The second kappa shape index (κ2) is 4.99. The molecule has 18 heavy (non-hydrogen) atoms. The fourth-order valence-electron chi connectivity index (χ4n) is 2.48. The second-order valence-corrected chi connectivity index (χ2v) is 5.58. The number of imidazole rings is 1. The molecule has 2 aromatic rings. The van der Waals surface area contributed by atoms with Crippen molar-refractivity contribution in [2.75, 3.05) is 26.2 Å². The number of aromatic nitrogens is 2. The molecular weight excluding hydrogens is 292 g/mol. The van der Waals surface area contributed by atoms with Crippen LogP contribution in [0.2, 0.25) is 0 Å². The van der Waals surface area contributed by atoms with E-state index < -0.39 is 0 Å². The standard InChI is InChI=1S/C13H17BrN4/c1-17-12(9-18-7-5-15-6-8-18)16-11-4-2-3-10(14)13(11)17/h2-4,15H,5-9H2,1H3. The zero-order chi connectivity index (χ0) is 12.5. The lowest BCUT2D eigenvalue weighted by Gasteiger charge is -2.26. The fourth-order valence-corrected chi connectivity index (χ4v) is 3.10. The first-order valence-electron chi connectivity index (χ1n) is 6.28. The van der Waals surface area contributed by atoms with Gasteiger partial charge in [0.2, 0.25) is 0 Å². The van der Waals surface area contributed by atoms with Gasteiger partial charge in [-0.2, -0.15) is 0 Å². The van der Waals surface area contributed by atoms with Gasteiger partial charge in [-0.3, -0.25) is 4.90 Å². The molecule has 1 fully saturated rings. The summed E-state index contributed by atoms with van der Waals surface area (Å²) in [7, 11) is 2.09. The first kappa shape index (κ1) is 12.1. The monoisotopic (exact) mass is 308 g/mol. The van der Waals surface area contributed by atoms with Crippen molar-refractivity contribution < 1.29 is 0 Å². The third kappa shape index (κ3) is 2.18. The maximum absolute atomic E-state index is 4.74. The Kier molecular flexibility index (Phi) is 3.37. The lowest BCUT2D eigenvalue weighted by molar-refractivity contribution is 0.226. The van der Waals surface area contributed by atoms with Crippen molar-refractivity contribution in [1.29, 1.82) is 0 Å². The highest BCUT2D eigenvalue weighted by Crippen LogP contribution is 2.24. The van der Waals surface area contributed by atoms with Crippen LogP contribution in [-0.2, 0) is 13.6 Å². The second-order valence-electron chi connectivity index (χ2n) is 4.72. The molecule has 1 aliphatic heterocycles. The van der Waals surface area contributed by atoms with Crippen molar-refractivity contribution in [2.45, 2.75) is 6.54 Å². The number of piperazine rings is 1. The summed E-state index contributed by atoms with van der Waals surface area (Å²) in [6.45, 7) is 5.29. The number of nitrogens with zero attached hydrogens (tertiary/aromatic N) is 3. The predicted octanol–water partition coefficient (Wildman–Crippen LogP) is 1.74. The van der Waals surface area contributed by atoms with E-state index in [2.05, 4.69) is 49.9 Å². The Bertz CT molecular complexity index is 557. The molecule has 0 unspecified atom stereocenters. The topological polar surface area (TPSA) is 33.1 Å². The Morgan fingerprint density at radius 1 is 1.33 bits per heavy atom. The van der Waals surface area contributed by atoms with Crippen molar-refractivity contribution in [1.82, 2.24) is 19.8 Å². The van der Waals surface area contributed by atoms with Gasteiger partial charge in [0.25, 0.3) is 0 Å². The highest BCUT2D eigenvalue weighted by atomic mass is 79.9. The van der Waals surface area contributed by atoms with E-state index in [1.54, 1.807) is 0 Å². The van der Waals surface area contributed by atoms with Gasteiger partial charge in [-0.05, 0) is 28.1 Å². The number of hydrogen-bond donors (Lipinski definition) is 1. The summed E-state index contributed by atoms with van der Waals surface area (Å²) in [6, 6.07) is 6.17. The van der Waals surface area contributed by atoms with Gasteiger partial charge in [0.15, 0.2) is 0 Å². The van der Waals surface area contributed by atoms with Crippen LogP contribution in [0, 0.1) is 0 Å². The maximum atomic E-state index is 4.74. The van der Waals surface area contributed by atoms with Gasteiger partial charge in [-0.1, -0.05) is 6.07 Å². The van der Waals surface area contributed by atoms with E-state index in [4.69, 9.17) is 4.98 Å². The van der Waals surface area contributed by atoms with Crippen LogP contribution in [-0.4, -0.2) is 40.6 Å².